The fourth-order valence-corrected chi connectivity index (χ4v) is 7.62. The minimum Gasteiger partial charge on any atom is -0.477 e. The third-order valence-corrected chi connectivity index (χ3v) is 9.80. The Bertz CT molecular complexity index is 1840. The minimum absolute atomic E-state index is 0.132. The highest BCUT2D eigenvalue weighted by Crippen LogP contribution is 2.50. The van der Waals surface area contributed by atoms with E-state index in [4.69, 9.17) is 50.3 Å². The maximum absolute atomic E-state index is 13.0. The summed E-state index contributed by atoms with van der Waals surface area (Å²) in [6, 6.07) is 0. The van der Waals surface area contributed by atoms with Crippen molar-refractivity contribution in [2.45, 2.75) is 62.2 Å². The number of carbonyl (C=O) groups is 1. The number of ether oxygens (including phenoxy) is 5. The molecule has 4 aromatic rings. The van der Waals surface area contributed by atoms with Gasteiger partial charge >= 0.3 is 12.9 Å². The number of imidazole rings is 1. The summed E-state index contributed by atoms with van der Waals surface area (Å²) in [6.07, 6.45) is -0.505. The van der Waals surface area contributed by atoms with Crippen LogP contribution in [0.3, 0.4) is 0 Å². The molecule has 4 aromatic heterocycles. The van der Waals surface area contributed by atoms with E-state index >= 15 is 0 Å². The molecule has 4 N–H and O–H groups in total. The Morgan fingerprint density at radius 1 is 1.00 bits per heavy atom. The van der Waals surface area contributed by atoms with E-state index in [0.29, 0.717) is 23.7 Å². The number of anilines is 1. The van der Waals surface area contributed by atoms with Gasteiger partial charge in [0.2, 0.25) is 5.88 Å². The molecule has 4 aliphatic rings. The van der Waals surface area contributed by atoms with E-state index in [1.807, 2.05) is 10.8 Å². The number of aryl methyl sites for hydroxylation is 1. The van der Waals surface area contributed by atoms with Crippen LogP contribution in [0.25, 0.3) is 22.2 Å². The van der Waals surface area contributed by atoms with Crippen LogP contribution in [0.4, 0.5) is 10.6 Å². The van der Waals surface area contributed by atoms with E-state index in [1.54, 1.807) is 0 Å². The highest BCUT2D eigenvalue weighted by Gasteiger charge is 2.50. The van der Waals surface area contributed by atoms with E-state index in [2.05, 4.69) is 24.9 Å². The van der Waals surface area contributed by atoms with Crippen LogP contribution in [-0.4, -0.2) is 101 Å². The zero-order chi connectivity index (χ0) is 30.9. The van der Waals surface area contributed by atoms with Crippen LogP contribution in [0.1, 0.15) is 30.9 Å². The first-order valence-electron chi connectivity index (χ1n) is 14.1. The smallest absolute Gasteiger partial charge is 0.477 e. The molecule has 0 aromatic carbocycles. The molecule has 0 spiro atoms. The van der Waals surface area contributed by atoms with Gasteiger partial charge in [0, 0.05) is 12.6 Å². The lowest BCUT2D eigenvalue weighted by molar-refractivity contribution is -0.0836. The Kier molecular flexibility index (Phi) is 7.10. The van der Waals surface area contributed by atoms with E-state index in [1.165, 1.54) is 23.5 Å². The monoisotopic (exact) mass is 662 g/mol. The number of carbonyl (C=O) groups excluding carboxylic acids is 1. The average Bonchev–Trinajstić information content (AvgIpc) is 3.75. The molecular weight excluding hydrogens is 635 g/mol. The predicted molar refractivity (Wildman–Crippen MR) is 153 cm³/mol. The lowest BCUT2D eigenvalue weighted by Crippen LogP contribution is -2.37. The van der Waals surface area contributed by atoms with Crippen molar-refractivity contribution in [2.24, 2.45) is 0 Å². The first-order valence-corrected chi connectivity index (χ1v) is 16.7. The van der Waals surface area contributed by atoms with Crippen molar-refractivity contribution in [1.82, 2.24) is 34.1 Å². The van der Waals surface area contributed by atoms with Crippen LogP contribution in [0.5, 0.6) is 5.88 Å². The summed E-state index contributed by atoms with van der Waals surface area (Å²) in [4.78, 5) is 45.2. The largest absolute Gasteiger partial charge is 0.508 e. The Morgan fingerprint density at radius 2 is 1.84 bits per heavy atom. The summed E-state index contributed by atoms with van der Waals surface area (Å²) < 4.78 is 44.0. The summed E-state index contributed by atoms with van der Waals surface area (Å²) in [5, 5.41) is 11.9. The van der Waals surface area contributed by atoms with Crippen LogP contribution >= 0.6 is 6.72 Å². The molecule has 20 heteroatoms. The van der Waals surface area contributed by atoms with Gasteiger partial charge in [-0.3, -0.25) is 4.57 Å². The topological polar surface area (TPSA) is 222 Å². The number of hydrogen-bond acceptors (Lipinski definition) is 16. The standard InChI is InChI=1S/C25H27N8O10PS/c26-20-17-22(29-8-27-20)33(10-31-17)24-19-18(34)14(41-24)7-39-44(36,45)43-12-4-15(40-13(12)6-38-25(35)42-19)32-5-11-2-1-3-37-23-16(11)21(32)28-9-30-23/h5,8-10,12-15,18-19,24,34H,1-4,6-7H2,(H,36,45)(H2,26,27,29)/t12-,13+,14+,15+,18+,19+,24+,44?/m0/s1. The third kappa shape index (κ3) is 5.08. The number of hydrogen-bond donors (Lipinski definition) is 3. The lowest BCUT2D eigenvalue weighted by Gasteiger charge is -2.25. The highest BCUT2D eigenvalue weighted by molar-refractivity contribution is 8.07. The molecule has 1 unspecified atom stereocenters. The number of fused-ring (bicyclic) bond motifs is 4. The Morgan fingerprint density at radius 3 is 2.73 bits per heavy atom. The van der Waals surface area contributed by atoms with Crippen molar-refractivity contribution in [2.75, 3.05) is 25.6 Å². The highest BCUT2D eigenvalue weighted by atomic mass is 32.5. The number of aliphatic hydroxyl groups is 1. The van der Waals surface area contributed by atoms with E-state index < -0.39 is 55.8 Å². The summed E-state index contributed by atoms with van der Waals surface area (Å²) >= 11 is 5.34. The fourth-order valence-electron chi connectivity index (χ4n) is 6.14. The fraction of sp³-hybridized carbons (Fsp3) is 0.520. The van der Waals surface area contributed by atoms with Crippen LogP contribution in [0, 0.1) is 0 Å². The molecule has 4 aliphatic heterocycles. The molecule has 238 valence electrons. The van der Waals surface area contributed by atoms with Crippen LogP contribution in [0.15, 0.2) is 25.2 Å². The molecule has 18 nitrogen and oxygen atoms in total. The van der Waals surface area contributed by atoms with Crippen molar-refractivity contribution in [1.29, 1.82) is 0 Å². The van der Waals surface area contributed by atoms with E-state index in [9.17, 15) is 14.8 Å². The second kappa shape index (κ2) is 11.1. The van der Waals surface area contributed by atoms with E-state index in [0.717, 1.165) is 23.8 Å². The number of nitrogens with two attached hydrogens (primary N) is 1. The van der Waals surface area contributed by atoms with Gasteiger partial charge in [-0.25, -0.2) is 29.7 Å². The number of cyclic esters (lactones) is 1. The SMILES string of the molecule is Nc1ncnc2c1ncn2[C@@H]1O[C@@H]2COP(O)(=S)O[C@H]3C[C@H](n4cc5c6c(ncnc64)OCCC5)O[C@@H]3COC(=O)O[C@@H]1[C@@H]2O. The Labute approximate surface area is 258 Å². The molecule has 0 amide bonds. The second-order valence-corrected chi connectivity index (χ2v) is 13.7. The van der Waals surface area contributed by atoms with Gasteiger partial charge in [-0.15, -0.1) is 0 Å². The average molecular weight is 663 g/mol. The Hall–Kier alpha value is -3.55. The molecular formula is C25H27N8O10PS. The first kappa shape index (κ1) is 28.9. The molecule has 8 heterocycles. The van der Waals surface area contributed by atoms with Gasteiger partial charge in [0.25, 0.3) is 0 Å². The zero-order valence-electron chi connectivity index (χ0n) is 23.3. The summed E-state index contributed by atoms with van der Waals surface area (Å²) in [5.41, 5.74) is 8.12. The number of nitrogen functional groups attached to an aromatic ring is 1. The molecule has 8 atom stereocenters. The normalized spacial score (nSPS) is 33.7. The molecule has 0 aliphatic carbocycles. The van der Waals surface area contributed by atoms with Gasteiger partial charge in [0.1, 0.15) is 61.1 Å². The lowest BCUT2D eigenvalue weighted by atomic mass is 10.1. The minimum atomic E-state index is -3.92. The maximum atomic E-state index is 13.0. The third-order valence-electron chi connectivity index (χ3n) is 8.22. The van der Waals surface area contributed by atoms with Gasteiger partial charge in [0.05, 0.1) is 24.9 Å². The van der Waals surface area contributed by atoms with Gasteiger partial charge < -0.3 is 53.0 Å². The number of nitrogens with zero attached hydrogens (tertiary/aromatic N) is 7. The van der Waals surface area contributed by atoms with Crippen molar-refractivity contribution in [3.8, 4) is 5.88 Å². The number of rotatable bonds is 2. The van der Waals surface area contributed by atoms with Gasteiger partial charge in [-0.1, -0.05) is 0 Å². The predicted octanol–water partition coefficient (Wildman–Crippen LogP) is 0.878. The van der Waals surface area contributed by atoms with Crippen molar-refractivity contribution in [3.63, 3.8) is 0 Å². The molecule has 45 heavy (non-hydrogen) atoms. The van der Waals surface area contributed by atoms with Crippen molar-refractivity contribution < 1.29 is 47.5 Å². The molecule has 0 radical (unpaired) electrons. The van der Waals surface area contributed by atoms with Crippen LogP contribution < -0.4 is 10.5 Å². The maximum Gasteiger partial charge on any atom is 0.508 e. The van der Waals surface area contributed by atoms with E-state index in [-0.39, 0.29) is 31.1 Å². The quantitative estimate of drug-likeness (QED) is 0.200. The molecule has 0 saturated carbocycles. The molecule has 3 fully saturated rings. The first-order chi connectivity index (χ1) is 21.8. The summed E-state index contributed by atoms with van der Waals surface area (Å²) in [7, 11) is 0. The number of aromatic nitrogens is 7. The van der Waals surface area contributed by atoms with Crippen molar-refractivity contribution >= 4 is 52.7 Å². The van der Waals surface area contributed by atoms with Crippen LogP contribution in [0.2, 0.25) is 0 Å². The van der Waals surface area contributed by atoms with Gasteiger partial charge in [0.15, 0.2) is 23.8 Å². The van der Waals surface area contributed by atoms with Gasteiger partial charge in [-0.2, -0.15) is 0 Å². The number of aliphatic hydroxyl groups excluding tert-OH is 1. The molecule has 8 rings (SSSR count). The summed E-state index contributed by atoms with van der Waals surface area (Å²) in [6.45, 7) is -4.06. The van der Waals surface area contributed by atoms with Crippen LogP contribution in [-0.2, 0) is 46.2 Å². The zero-order valence-corrected chi connectivity index (χ0v) is 25.0. The summed E-state index contributed by atoms with van der Waals surface area (Å²) in [5.74, 6) is 0.637. The second-order valence-electron chi connectivity index (χ2n) is 10.9. The molecule has 3 saturated heterocycles. The van der Waals surface area contributed by atoms with Gasteiger partial charge in [-0.05, 0) is 30.2 Å². The van der Waals surface area contributed by atoms with Crippen molar-refractivity contribution in [3.05, 3.63) is 30.7 Å². The Balaban J connectivity index is 1.07. The molecule has 2 bridgehead atoms.